The molecule has 1 aliphatic rings. The summed E-state index contributed by atoms with van der Waals surface area (Å²) < 4.78 is 29.1. The Morgan fingerprint density at radius 2 is 1.61 bits per heavy atom. The van der Waals surface area contributed by atoms with Crippen molar-refractivity contribution < 1.29 is 18.0 Å². The fourth-order valence-corrected chi connectivity index (χ4v) is 7.02. The summed E-state index contributed by atoms with van der Waals surface area (Å²) >= 11 is 6.40. The Labute approximate surface area is 248 Å². The van der Waals surface area contributed by atoms with Crippen LogP contribution in [0.15, 0.2) is 77.7 Å². The van der Waals surface area contributed by atoms with Crippen LogP contribution in [0.1, 0.15) is 55.7 Å². The molecule has 1 atom stereocenters. The summed E-state index contributed by atoms with van der Waals surface area (Å²) in [5.74, 6) is -0.682. The lowest BCUT2D eigenvalue weighted by Crippen LogP contribution is -2.53. The molecule has 0 aliphatic heterocycles. The first-order valence-corrected chi connectivity index (χ1v) is 15.9. The van der Waals surface area contributed by atoms with E-state index in [1.165, 1.54) is 17.0 Å². The molecule has 0 saturated heterocycles. The normalized spacial score (nSPS) is 14.4. The van der Waals surface area contributed by atoms with E-state index in [2.05, 4.69) is 5.32 Å². The molecule has 4 rings (SSSR count). The van der Waals surface area contributed by atoms with Gasteiger partial charge in [0.1, 0.15) is 12.6 Å². The van der Waals surface area contributed by atoms with E-state index in [0.717, 1.165) is 41.1 Å². The van der Waals surface area contributed by atoms with E-state index in [1.54, 1.807) is 43.3 Å². The molecule has 7 nitrogen and oxygen atoms in total. The Hall–Kier alpha value is -3.36. The maximum absolute atomic E-state index is 14.3. The zero-order valence-electron chi connectivity index (χ0n) is 23.8. The van der Waals surface area contributed by atoms with Crippen LogP contribution in [0.5, 0.6) is 0 Å². The topological polar surface area (TPSA) is 86.8 Å². The van der Waals surface area contributed by atoms with Gasteiger partial charge in [-0.15, -0.1) is 0 Å². The van der Waals surface area contributed by atoms with Gasteiger partial charge >= 0.3 is 0 Å². The third kappa shape index (κ3) is 7.11. The van der Waals surface area contributed by atoms with Crippen LogP contribution in [0.3, 0.4) is 0 Å². The summed E-state index contributed by atoms with van der Waals surface area (Å²) in [6, 6.07) is 20.0. The quantitative estimate of drug-likeness (QED) is 0.294. The van der Waals surface area contributed by atoms with Crippen molar-refractivity contribution in [1.29, 1.82) is 0 Å². The maximum Gasteiger partial charge on any atom is 0.264 e. The first-order valence-electron chi connectivity index (χ1n) is 14.1. The minimum absolute atomic E-state index is 0.0589. The molecule has 0 spiro atoms. The van der Waals surface area contributed by atoms with Crippen LogP contribution in [0.25, 0.3) is 0 Å². The molecule has 1 aliphatic carbocycles. The Morgan fingerprint density at radius 1 is 0.951 bits per heavy atom. The zero-order chi connectivity index (χ0) is 29.6. The molecule has 0 radical (unpaired) electrons. The first kappa shape index (κ1) is 30.6. The molecule has 1 fully saturated rings. The van der Waals surface area contributed by atoms with Gasteiger partial charge in [0.15, 0.2) is 0 Å². The van der Waals surface area contributed by atoms with Crippen molar-refractivity contribution in [2.45, 2.75) is 76.4 Å². The van der Waals surface area contributed by atoms with E-state index in [0.29, 0.717) is 22.7 Å². The third-order valence-corrected chi connectivity index (χ3v) is 9.99. The highest BCUT2D eigenvalue weighted by Crippen LogP contribution is 2.31. The summed E-state index contributed by atoms with van der Waals surface area (Å²) in [5.41, 5.74) is 2.73. The van der Waals surface area contributed by atoms with Crippen LogP contribution in [-0.4, -0.2) is 43.8 Å². The van der Waals surface area contributed by atoms with E-state index in [9.17, 15) is 18.0 Å². The van der Waals surface area contributed by atoms with Crippen molar-refractivity contribution in [1.82, 2.24) is 10.2 Å². The summed E-state index contributed by atoms with van der Waals surface area (Å²) in [5, 5.41) is 3.53. The highest BCUT2D eigenvalue weighted by atomic mass is 35.5. The number of rotatable bonds is 11. The number of benzene rings is 3. The predicted octanol–water partition coefficient (Wildman–Crippen LogP) is 6.02. The van der Waals surface area contributed by atoms with Crippen molar-refractivity contribution in [3.05, 3.63) is 94.5 Å². The van der Waals surface area contributed by atoms with Gasteiger partial charge in [0.05, 0.1) is 10.6 Å². The summed E-state index contributed by atoms with van der Waals surface area (Å²) in [6.07, 6.45) is 4.37. The van der Waals surface area contributed by atoms with Crippen LogP contribution in [-0.2, 0) is 26.2 Å². The number of hydrogen-bond donors (Lipinski definition) is 1. The van der Waals surface area contributed by atoms with Gasteiger partial charge in [0, 0.05) is 17.6 Å². The van der Waals surface area contributed by atoms with Crippen LogP contribution in [0.2, 0.25) is 5.02 Å². The predicted molar refractivity (Wildman–Crippen MR) is 163 cm³/mol. The molecule has 1 saturated carbocycles. The molecular weight excluding hydrogens is 558 g/mol. The molecule has 41 heavy (non-hydrogen) atoms. The average molecular weight is 596 g/mol. The maximum atomic E-state index is 14.3. The lowest BCUT2D eigenvalue weighted by atomic mass is 10.1. The molecule has 1 N–H and O–H groups in total. The molecule has 9 heteroatoms. The van der Waals surface area contributed by atoms with Crippen LogP contribution < -0.4 is 9.62 Å². The number of nitrogens with one attached hydrogen (secondary N) is 1. The minimum Gasteiger partial charge on any atom is -0.352 e. The second kappa shape index (κ2) is 13.5. The number of halogens is 1. The number of sulfonamides is 1. The second-order valence-electron chi connectivity index (χ2n) is 10.6. The van der Waals surface area contributed by atoms with Gasteiger partial charge in [-0.1, -0.05) is 79.9 Å². The molecule has 2 amide bonds. The molecular formula is C32H38ClN3O4S. The van der Waals surface area contributed by atoms with E-state index in [4.69, 9.17) is 11.6 Å². The third-order valence-electron chi connectivity index (χ3n) is 7.81. The Morgan fingerprint density at radius 3 is 2.27 bits per heavy atom. The number of aryl methyl sites for hydroxylation is 1. The fraction of sp³-hybridized carbons (Fsp3) is 0.375. The monoisotopic (exact) mass is 595 g/mol. The van der Waals surface area contributed by atoms with Gasteiger partial charge in [0.2, 0.25) is 11.8 Å². The largest absolute Gasteiger partial charge is 0.352 e. The van der Waals surface area contributed by atoms with Gasteiger partial charge < -0.3 is 10.2 Å². The molecule has 218 valence electrons. The van der Waals surface area contributed by atoms with Gasteiger partial charge in [-0.05, 0) is 74.1 Å². The van der Waals surface area contributed by atoms with Gasteiger partial charge in [0.25, 0.3) is 10.0 Å². The Balaban J connectivity index is 1.75. The van der Waals surface area contributed by atoms with E-state index in [-0.39, 0.29) is 23.4 Å². The Kier molecular flexibility index (Phi) is 10.1. The molecule has 3 aromatic rings. The summed E-state index contributed by atoms with van der Waals surface area (Å²) in [6.45, 7) is 5.24. The number of amides is 2. The van der Waals surface area contributed by atoms with Crippen molar-refractivity contribution in [2.24, 2.45) is 0 Å². The lowest BCUT2D eigenvalue weighted by Gasteiger charge is -2.34. The molecule has 0 unspecified atom stereocenters. The number of carbonyl (C=O) groups is 2. The number of hydrogen-bond acceptors (Lipinski definition) is 4. The van der Waals surface area contributed by atoms with Gasteiger partial charge in [-0.3, -0.25) is 13.9 Å². The highest BCUT2D eigenvalue weighted by Gasteiger charge is 2.35. The SMILES string of the molecule is CC[C@H](C(=O)NC1CCCC1)N(Cc1ccccc1C)C(=O)CN(c1cccc(Cl)c1C)S(=O)(=O)c1ccccc1. The molecule has 0 bridgehead atoms. The van der Waals surface area contributed by atoms with Gasteiger partial charge in [-0.2, -0.15) is 0 Å². The van der Waals surface area contributed by atoms with Crippen molar-refractivity contribution in [2.75, 3.05) is 10.8 Å². The molecule has 3 aromatic carbocycles. The van der Waals surface area contributed by atoms with Crippen LogP contribution in [0.4, 0.5) is 5.69 Å². The van der Waals surface area contributed by atoms with E-state index >= 15 is 0 Å². The summed E-state index contributed by atoms with van der Waals surface area (Å²) in [4.78, 5) is 29.4. The number of nitrogens with zero attached hydrogens (tertiary/aromatic N) is 2. The van der Waals surface area contributed by atoms with Crippen LogP contribution in [0, 0.1) is 13.8 Å². The van der Waals surface area contributed by atoms with Gasteiger partial charge in [-0.25, -0.2) is 8.42 Å². The fourth-order valence-electron chi connectivity index (χ4n) is 5.36. The average Bonchev–Trinajstić information content (AvgIpc) is 3.47. The van der Waals surface area contributed by atoms with E-state index < -0.39 is 28.5 Å². The smallest absolute Gasteiger partial charge is 0.264 e. The first-order chi connectivity index (χ1) is 19.6. The summed E-state index contributed by atoms with van der Waals surface area (Å²) in [7, 11) is -4.15. The van der Waals surface area contributed by atoms with Crippen molar-refractivity contribution >= 4 is 39.1 Å². The van der Waals surface area contributed by atoms with E-state index in [1.807, 2.05) is 38.1 Å². The zero-order valence-corrected chi connectivity index (χ0v) is 25.4. The standard InChI is InChI=1S/C32H38ClN3O4S/c1-4-29(32(38)34-26-15-10-11-16-26)35(21-25-14-9-8-13-23(25)2)31(37)22-36(30-20-12-19-28(33)24(30)3)41(39,40)27-17-6-5-7-18-27/h5-9,12-14,17-20,26,29H,4,10-11,15-16,21-22H2,1-3H3,(H,34,38)/t29-/m1/s1. The second-order valence-corrected chi connectivity index (χ2v) is 12.8. The molecule has 0 heterocycles. The number of carbonyl (C=O) groups excluding carboxylic acids is 2. The minimum atomic E-state index is -4.15. The molecule has 0 aromatic heterocycles. The van der Waals surface area contributed by atoms with Crippen molar-refractivity contribution in [3.63, 3.8) is 0 Å². The Bertz CT molecular complexity index is 1470. The van der Waals surface area contributed by atoms with Crippen molar-refractivity contribution in [3.8, 4) is 0 Å². The number of anilines is 1. The highest BCUT2D eigenvalue weighted by molar-refractivity contribution is 7.92. The van der Waals surface area contributed by atoms with Crippen LogP contribution >= 0.6 is 11.6 Å². The lowest BCUT2D eigenvalue weighted by molar-refractivity contribution is -0.140.